The highest BCUT2D eigenvalue weighted by atomic mass is 19.4. The summed E-state index contributed by atoms with van der Waals surface area (Å²) in [5, 5.41) is 0. The molecule has 0 saturated heterocycles. The quantitative estimate of drug-likeness (QED) is 0.799. The second kappa shape index (κ2) is 6.80. The number of nitrogens with two attached hydrogens (primary N) is 1. The number of hydrogen-bond donors (Lipinski definition) is 1. The van der Waals surface area contributed by atoms with Crippen molar-refractivity contribution in [3.05, 3.63) is 29.8 Å². The van der Waals surface area contributed by atoms with Crippen molar-refractivity contribution >= 4 is 5.69 Å². The molecule has 0 unspecified atom stereocenters. The zero-order chi connectivity index (χ0) is 14.5. The van der Waals surface area contributed by atoms with Gasteiger partial charge >= 0.3 is 6.18 Å². The van der Waals surface area contributed by atoms with Crippen LogP contribution in [0.2, 0.25) is 0 Å². The van der Waals surface area contributed by atoms with Crippen molar-refractivity contribution in [2.75, 3.05) is 12.3 Å². The SMILES string of the molecule is CC(C)N(CCCC(F)(F)F)Cc1ccc(N)cc1. The molecule has 0 saturated carbocycles. The smallest absolute Gasteiger partial charge is 0.389 e. The summed E-state index contributed by atoms with van der Waals surface area (Å²) in [5.74, 6) is 0. The van der Waals surface area contributed by atoms with Crippen molar-refractivity contribution < 1.29 is 13.2 Å². The molecular weight excluding hydrogens is 253 g/mol. The van der Waals surface area contributed by atoms with Gasteiger partial charge in [0.05, 0.1) is 0 Å². The molecule has 0 atom stereocenters. The summed E-state index contributed by atoms with van der Waals surface area (Å²) < 4.78 is 36.4. The van der Waals surface area contributed by atoms with Gasteiger partial charge < -0.3 is 5.73 Å². The van der Waals surface area contributed by atoms with E-state index in [1.165, 1.54) is 0 Å². The summed E-state index contributed by atoms with van der Waals surface area (Å²) >= 11 is 0. The first-order chi connectivity index (χ1) is 8.78. The van der Waals surface area contributed by atoms with E-state index < -0.39 is 12.6 Å². The molecule has 0 aliphatic carbocycles. The molecule has 108 valence electrons. The highest BCUT2D eigenvalue weighted by Crippen LogP contribution is 2.22. The van der Waals surface area contributed by atoms with E-state index in [4.69, 9.17) is 5.73 Å². The summed E-state index contributed by atoms with van der Waals surface area (Å²) in [7, 11) is 0. The van der Waals surface area contributed by atoms with Crippen molar-refractivity contribution in [2.24, 2.45) is 0 Å². The highest BCUT2D eigenvalue weighted by molar-refractivity contribution is 5.39. The van der Waals surface area contributed by atoms with E-state index in [0.29, 0.717) is 18.8 Å². The van der Waals surface area contributed by atoms with Crippen molar-refractivity contribution in [1.82, 2.24) is 4.90 Å². The number of rotatable bonds is 6. The molecule has 2 nitrogen and oxygen atoms in total. The minimum Gasteiger partial charge on any atom is -0.399 e. The monoisotopic (exact) mass is 274 g/mol. The molecule has 0 aliphatic rings. The Kier molecular flexibility index (Phi) is 5.66. The molecule has 19 heavy (non-hydrogen) atoms. The lowest BCUT2D eigenvalue weighted by Crippen LogP contribution is -2.32. The summed E-state index contributed by atoms with van der Waals surface area (Å²) in [6.07, 6.45) is -4.65. The fraction of sp³-hybridized carbons (Fsp3) is 0.571. The molecule has 0 bridgehead atoms. The second-order valence-electron chi connectivity index (χ2n) is 5.02. The number of nitrogens with zero attached hydrogens (tertiary/aromatic N) is 1. The van der Waals surface area contributed by atoms with Gasteiger partial charge in [-0.3, -0.25) is 4.90 Å². The fourth-order valence-electron chi connectivity index (χ4n) is 1.86. The van der Waals surface area contributed by atoms with Gasteiger partial charge in [0.25, 0.3) is 0 Å². The average molecular weight is 274 g/mol. The first-order valence-electron chi connectivity index (χ1n) is 6.43. The molecule has 0 aromatic heterocycles. The van der Waals surface area contributed by atoms with Crippen molar-refractivity contribution in [1.29, 1.82) is 0 Å². The van der Waals surface area contributed by atoms with Crippen LogP contribution in [0.4, 0.5) is 18.9 Å². The second-order valence-corrected chi connectivity index (χ2v) is 5.02. The van der Waals surface area contributed by atoms with E-state index in [0.717, 1.165) is 5.56 Å². The molecular formula is C14H21F3N2. The third-order valence-electron chi connectivity index (χ3n) is 3.00. The van der Waals surface area contributed by atoms with Gasteiger partial charge in [-0.05, 0) is 44.5 Å². The Labute approximate surface area is 112 Å². The van der Waals surface area contributed by atoms with E-state index in [1.807, 2.05) is 43.0 Å². The zero-order valence-corrected chi connectivity index (χ0v) is 11.4. The van der Waals surface area contributed by atoms with Crippen LogP contribution in [0.3, 0.4) is 0 Å². The summed E-state index contributed by atoms with van der Waals surface area (Å²) in [5.41, 5.74) is 7.36. The average Bonchev–Trinajstić information content (AvgIpc) is 2.28. The van der Waals surface area contributed by atoms with Crippen LogP contribution < -0.4 is 5.73 Å². The van der Waals surface area contributed by atoms with Gasteiger partial charge in [-0.25, -0.2) is 0 Å². The Bertz CT molecular complexity index is 371. The number of hydrogen-bond acceptors (Lipinski definition) is 2. The number of benzene rings is 1. The largest absolute Gasteiger partial charge is 0.399 e. The van der Waals surface area contributed by atoms with Gasteiger partial charge in [0.15, 0.2) is 0 Å². The van der Waals surface area contributed by atoms with Gasteiger partial charge in [-0.2, -0.15) is 13.2 Å². The van der Waals surface area contributed by atoms with Gasteiger partial charge in [-0.15, -0.1) is 0 Å². The van der Waals surface area contributed by atoms with E-state index in [9.17, 15) is 13.2 Å². The van der Waals surface area contributed by atoms with Gasteiger partial charge in [-0.1, -0.05) is 12.1 Å². The first-order valence-corrected chi connectivity index (χ1v) is 6.43. The maximum atomic E-state index is 12.1. The van der Waals surface area contributed by atoms with Gasteiger partial charge in [0.2, 0.25) is 0 Å². The van der Waals surface area contributed by atoms with Crippen LogP contribution in [0.25, 0.3) is 0 Å². The molecule has 1 aromatic carbocycles. The van der Waals surface area contributed by atoms with E-state index in [-0.39, 0.29) is 12.5 Å². The van der Waals surface area contributed by atoms with Crippen LogP contribution in [0, 0.1) is 0 Å². The molecule has 0 aliphatic heterocycles. The number of halogens is 3. The molecule has 1 aromatic rings. The lowest BCUT2D eigenvalue weighted by molar-refractivity contribution is -0.136. The van der Waals surface area contributed by atoms with Gasteiger partial charge in [0.1, 0.15) is 0 Å². The normalized spacial score (nSPS) is 12.4. The molecule has 1 rings (SSSR count). The van der Waals surface area contributed by atoms with E-state index >= 15 is 0 Å². The molecule has 2 N–H and O–H groups in total. The molecule has 0 spiro atoms. The highest BCUT2D eigenvalue weighted by Gasteiger charge is 2.26. The number of alkyl halides is 3. The van der Waals surface area contributed by atoms with Crippen molar-refractivity contribution in [3.8, 4) is 0 Å². The Hall–Kier alpha value is -1.23. The third kappa shape index (κ3) is 6.47. The first kappa shape index (κ1) is 15.8. The van der Waals surface area contributed by atoms with Crippen LogP contribution in [0.5, 0.6) is 0 Å². The maximum Gasteiger partial charge on any atom is 0.389 e. The Balaban J connectivity index is 2.51. The van der Waals surface area contributed by atoms with Crippen LogP contribution in [-0.2, 0) is 6.54 Å². The van der Waals surface area contributed by atoms with E-state index in [1.54, 1.807) is 0 Å². The fourth-order valence-corrected chi connectivity index (χ4v) is 1.86. The maximum absolute atomic E-state index is 12.1. The van der Waals surface area contributed by atoms with E-state index in [2.05, 4.69) is 0 Å². The Morgan fingerprint density at radius 3 is 2.21 bits per heavy atom. The predicted octanol–water partition coefficient (Wildman–Crippen LogP) is 3.82. The van der Waals surface area contributed by atoms with Crippen LogP contribution in [-0.4, -0.2) is 23.7 Å². The van der Waals surface area contributed by atoms with Crippen LogP contribution in [0.15, 0.2) is 24.3 Å². The Morgan fingerprint density at radius 1 is 1.16 bits per heavy atom. The molecule has 0 fully saturated rings. The molecule has 0 heterocycles. The lowest BCUT2D eigenvalue weighted by Gasteiger charge is -2.26. The topological polar surface area (TPSA) is 29.3 Å². The minimum atomic E-state index is -4.07. The zero-order valence-electron chi connectivity index (χ0n) is 11.4. The lowest BCUT2D eigenvalue weighted by atomic mass is 10.1. The Morgan fingerprint density at radius 2 is 1.74 bits per heavy atom. The summed E-state index contributed by atoms with van der Waals surface area (Å²) in [6, 6.07) is 7.65. The molecule has 0 radical (unpaired) electrons. The van der Waals surface area contributed by atoms with Crippen molar-refractivity contribution in [2.45, 2.75) is 45.5 Å². The van der Waals surface area contributed by atoms with Crippen LogP contribution >= 0.6 is 0 Å². The third-order valence-corrected chi connectivity index (χ3v) is 3.00. The number of anilines is 1. The van der Waals surface area contributed by atoms with Crippen molar-refractivity contribution in [3.63, 3.8) is 0 Å². The van der Waals surface area contributed by atoms with Crippen LogP contribution in [0.1, 0.15) is 32.3 Å². The molecule has 0 amide bonds. The minimum absolute atomic E-state index is 0.136. The summed E-state index contributed by atoms with van der Waals surface area (Å²) in [4.78, 5) is 2.04. The number of nitrogen functional groups attached to an aromatic ring is 1. The predicted molar refractivity (Wildman–Crippen MR) is 71.7 cm³/mol. The van der Waals surface area contributed by atoms with Gasteiger partial charge in [0, 0.05) is 24.7 Å². The standard InChI is InChI=1S/C14H21F3N2/c1-11(2)19(9-3-8-14(15,16)17)10-12-4-6-13(18)7-5-12/h4-7,11H,3,8-10,18H2,1-2H3. The molecule has 5 heteroatoms. The summed E-state index contributed by atoms with van der Waals surface area (Å²) in [6.45, 7) is 5.08.